The largest absolute Gasteiger partial charge is 0.496 e. The van der Waals surface area contributed by atoms with Gasteiger partial charge in [0.1, 0.15) is 5.75 Å². The van der Waals surface area contributed by atoms with E-state index in [9.17, 15) is 4.79 Å². The molecule has 96 valence electrons. The molecule has 0 aromatic heterocycles. The van der Waals surface area contributed by atoms with Crippen molar-refractivity contribution in [2.45, 2.75) is 19.3 Å². The van der Waals surface area contributed by atoms with Gasteiger partial charge in [0.2, 0.25) is 5.91 Å². The summed E-state index contributed by atoms with van der Waals surface area (Å²) < 4.78 is 5.21. The molecular weight excluding hydrogens is 252 g/mol. The van der Waals surface area contributed by atoms with Gasteiger partial charge >= 0.3 is 0 Å². The lowest BCUT2D eigenvalue weighted by atomic mass is 10.1. The molecule has 4 nitrogen and oxygen atoms in total. The number of carbonyl (C=O) groups is 1. The Labute approximate surface area is 112 Å². The van der Waals surface area contributed by atoms with E-state index in [1.165, 1.54) is 0 Å². The number of hydrogen-bond acceptors (Lipinski definition) is 3. The number of amides is 1. The highest BCUT2D eigenvalue weighted by atomic mass is 35.5. The number of methoxy groups -OCH3 is 1. The molecule has 0 atom stereocenters. The molecule has 1 aromatic carbocycles. The van der Waals surface area contributed by atoms with Crippen molar-refractivity contribution in [3.05, 3.63) is 28.8 Å². The van der Waals surface area contributed by atoms with E-state index in [4.69, 9.17) is 21.6 Å². The number of nitrogens with one attached hydrogen (secondary N) is 1. The normalized spacial score (nSPS) is 9.61. The van der Waals surface area contributed by atoms with Gasteiger partial charge in [0, 0.05) is 24.4 Å². The number of carbonyl (C=O) groups excluding carboxylic acids is 1. The number of halogens is 1. The van der Waals surface area contributed by atoms with E-state index in [0.717, 1.165) is 11.3 Å². The zero-order chi connectivity index (χ0) is 13.4. The fourth-order valence-electron chi connectivity index (χ4n) is 1.54. The Morgan fingerprint density at radius 1 is 1.56 bits per heavy atom. The maximum atomic E-state index is 11.3. The van der Waals surface area contributed by atoms with Crippen molar-refractivity contribution < 1.29 is 9.53 Å². The third-order valence-electron chi connectivity index (χ3n) is 2.42. The summed E-state index contributed by atoms with van der Waals surface area (Å²) in [7, 11) is 1.60. The van der Waals surface area contributed by atoms with Gasteiger partial charge in [-0.2, -0.15) is 5.26 Å². The van der Waals surface area contributed by atoms with Gasteiger partial charge in [0.15, 0.2) is 0 Å². The summed E-state index contributed by atoms with van der Waals surface area (Å²) in [4.78, 5) is 11.3. The minimum Gasteiger partial charge on any atom is -0.496 e. The monoisotopic (exact) mass is 266 g/mol. The van der Waals surface area contributed by atoms with Crippen LogP contribution in [0.5, 0.6) is 5.75 Å². The summed E-state index contributed by atoms with van der Waals surface area (Å²) in [5, 5.41) is 11.7. The van der Waals surface area contributed by atoms with Gasteiger partial charge in [-0.15, -0.1) is 0 Å². The first-order chi connectivity index (χ1) is 8.67. The summed E-state index contributed by atoms with van der Waals surface area (Å²) in [5.41, 5.74) is 0.950. The van der Waals surface area contributed by atoms with E-state index in [2.05, 4.69) is 5.32 Å². The third kappa shape index (κ3) is 4.64. The highest BCUT2D eigenvalue weighted by molar-refractivity contribution is 6.30. The second-order valence-electron chi connectivity index (χ2n) is 3.71. The predicted octanol–water partition coefficient (Wildman–Crippen LogP) is 2.31. The fraction of sp³-hybridized carbons (Fsp3) is 0.385. The molecule has 0 spiro atoms. The number of rotatable bonds is 6. The SMILES string of the molecule is COc1ccc(Cl)cc1CCNC(=O)CCC#N. The Morgan fingerprint density at radius 2 is 2.33 bits per heavy atom. The lowest BCUT2D eigenvalue weighted by molar-refractivity contribution is -0.120. The Bertz CT molecular complexity index is 455. The molecule has 18 heavy (non-hydrogen) atoms. The van der Waals surface area contributed by atoms with Crippen molar-refractivity contribution >= 4 is 17.5 Å². The van der Waals surface area contributed by atoms with Crippen LogP contribution in [0.2, 0.25) is 5.02 Å². The number of hydrogen-bond donors (Lipinski definition) is 1. The minimum absolute atomic E-state index is 0.113. The number of nitrogens with zero attached hydrogens (tertiary/aromatic N) is 1. The second-order valence-corrected chi connectivity index (χ2v) is 4.15. The smallest absolute Gasteiger partial charge is 0.221 e. The van der Waals surface area contributed by atoms with Crippen LogP contribution in [0, 0.1) is 11.3 Å². The van der Waals surface area contributed by atoms with Gasteiger partial charge in [-0.05, 0) is 30.2 Å². The van der Waals surface area contributed by atoms with Crippen LogP contribution in [-0.2, 0) is 11.2 Å². The van der Waals surface area contributed by atoms with Gasteiger partial charge in [0.05, 0.1) is 13.2 Å². The highest BCUT2D eigenvalue weighted by Crippen LogP contribution is 2.22. The lowest BCUT2D eigenvalue weighted by Gasteiger charge is -2.09. The molecule has 0 radical (unpaired) electrons. The van der Waals surface area contributed by atoms with Crippen molar-refractivity contribution in [3.63, 3.8) is 0 Å². The standard InChI is InChI=1S/C13H15ClN2O2/c1-18-12-5-4-11(14)9-10(12)6-8-16-13(17)3-2-7-15/h4-5,9H,2-3,6,8H2,1H3,(H,16,17). The lowest BCUT2D eigenvalue weighted by Crippen LogP contribution is -2.25. The molecule has 1 aromatic rings. The summed E-state index contributed by atoms with van der Waals surface area (Å²) in [5.74, 6) is 0.642. The van der Waals surface area contributed by atoms with E-state index in [-0.39, 0.29) is 18.7 Å². The highest BCUT2D eigenvalue weighted by Gasteiger charge is 2.05. The molecule has 1 rings (SSSR count). The van der Waals surface area contributed by atoms with E-state index < -0.39 is 0 Å². The molecule has 1 N–H and O–H groups in total. The fourth-order valence-corrected chi connectivity index (χ4v) is 1.73. The van der Waals surface area contributed by atoms with E-state index in [1.807, 2.05) is 12.1 Å². The Kier molecular flexibility index (Phi) is 6.03. The van der Waals surface area contributed by atoms with Gasteiger partial charge in [-0.3, -0.25) is 4.79 Å². The first kappa shape index (κ1) is 14.3. The van der Waals surface area contributed by atoms with Crippen molar-refractivity contribution in [2.24, 2.45) is 0 Å². The van der Waals surface area contributed by atoms with Gasteiger partial charge in [0.25, 0.3) is 0 Å². The molecule has 0 aliphatic carbocycles. The molecule has 0 bridgehead atoms. The molecule has 1 amide bonds. The van der Waals surface area contributed by atoms with Crippen molar-refractivity contribution in [3.8, 4) is 11.8 Å². The van der Waals surface area contributed by atoms with Crippen LogP contribution in [0.4, 0.5) is 0 Å². The predicted molar refractivity (Wildman–Crippen MR) is 69.6 cm³/mol. The van der Waals surface area contributed by atoms with Crippen LogP contribution in [0.3, 0.4) is 0 Å². The van der Waals surface area contributed by atoms with Crippen molar-refractivity contribution in [2.75, 3.05) is 13.7 Å². The minimum atomic E-state index is -0.113. The summed E-state index contributed by atoms with van der Waals surface area (Å²) in [6.45, 7) is 0.501. The molecule has 0 fully saturated rings. The van der Waals surface area contributed by atoms with Gasteiger partial charge in [-0.25, -0.2) is 0 Å². The van der Waals surface area contributed by atoms with Crippen LogP contribution in [0.15, 0.2) is 18.2 Å². The van der Waals surface area contributed by atoms with Crippen LogP contribution < -0.4 is 10.1 Å². The molecule has 0 heterocycles. The molecule has 0 saturated heterocycles. The average molecular weight is 267 g/mol. The molecule has 0 aliphatic rings. The Balaban J connectivity index is 2.46. The molecular formula is C13H15ClN2O2. The molecule has 0 unspecified atom stereocenters. The topological polar surface area (TPSA) is 62.1 Å². The first-order valence-corrected chi connectivity index (χ1v) is 6.01. The Hall–Kier alpha value is -1.73. The van der Waals surface area contributed by atoms with E-state index in [1.54, 1.807) is 19.2 Å². The third-order valence-corrected chi connectivity index (χ3v) is 2.66. The quantitative estimate of drug-likeness (QED) is 0.859. The van der Waals surface area contributed by atoms with Gasteiger partial charge < -0.3 is 10.1 Å². The molecule has 0 saturated carbocycles. The van der Waals surface area contributed by atoms with Crippen LogP contribution >= 0.6 is 11.6 Å². The first-order valence-electron chi connectivity index (χ1n) is 5.63. The number of nitriles is 1. The maximum Gasteiger partial charge on any atom is 0.221 e. The van der Waals surface area contributed by atoms with E-state index >= 15 is 0 Å². The second kappa shape index (κ2) is 7.57. The zero-order valence-electron chi connectivity index (χ0n) is 10.2. The molecule has 0 aliphatic heterocycles. The Morgan fingerprint density at radius 3 is 3.00 bits per heavy atom. The van der Waals surface area contributed by atoms with Crippen LogP contribution in [0.25, 0.3) is 0 Å². The number of benzene rings is 1. The summed E-state index contributed by atoms with van der Waals surface area (Å²) in [6, 6.07) is 7.32. The van der Waals surface area contributed by atoms with Crippen LogP contribution in [0.1, 0.15) is 18.4 Å². The van der Waals surface area contributed by atoms with Gasteiger partial charge in [-0.1, -0.05) is 11.6 Å². The number of ether oxygens (including phenoxy) is 1. The summed E-state index contributed by atoms with van der Waals surface area (Å²) >= 11 is 5.90. The van der Waals surface area contributed by atoms with E-state index in [0.29, 0.717) is 18.0 Å². The summed E-state index contributed by atoms with van der Waals surface area (Å²) in [6.07, 6.45) is 1.12. The maximum absolute atomic E-state index is 11.3. The van der Waals surface area contributed by atoms with Crippen molar-refractivity contribution in [1.82, 2.24) is 5.32 Å². The zero-order valence-corrected chi connectivity index (χ0v) is 11.0. The van der Waals surface area contributed by atoms with Crippen molar-refractivity contribution in [1.29, 1.82) is 5.26 Å². The van der Waals surface area contributed by atoms with Crippen LogP contribution in [-0.4, -0.2) is 19.6 Å². The average Bonchev–Trinajstić information content (AvgIpc) is 2.36. The molecule has 5 heteroatoms.